The highest BCUT2D eigenvalue weighted by molar-refractivity contribution is 6.36. The molecule has 0 spiro atoms. The standard InChI is InChI=1S/C22H20Cl2N2O/c23-19-11-12-21(20(24)15-19)25-22(27)26(16-18-9-5-2-6-10-18)14-13-17-7-3-1-4-8-17/h1-12,15H,13-14,16H2,(H,25,27). The molecule has 3 aromatic carbocycles. The molecule has 0 unspecified atom stereocenters. The van der Waals surface area contributed by atoms with Gasteiger partial charge >= 0.3 is 6.03 Å². The van der Waals surface area contributed by atoms with E-state index in [0.717, 1.165) is 12.0 Å². The minimum Gasteiger partial charge on any atom is -0.320 e. The van der Waals surface area contributed by atoms with Crippen LogP contribution in [-0.2, 0) is 13.0 Å². The van der Waals surface area contributed by atoms with Gasteiger partial charge in [0.2, 0.25) is 0 Å². The predicted octanol–water partition coefficient (Wildman–Crippen LogP) is 6.27. The Morgan fingerprint density at radius 2 is 1.48 bits per heavy atom. The first-order chi connectivity index (χ1) is 13.1. The van der Waals surface area contributed by atoms with E-state index in [9.17, 15) is 4.79 Å². The summed E-state index contributed by atoms with van der Waals surface area (Å²) >= 11 is 12.1. The Labute approximate surface area is 169 Å². The van der Waals surface area contributed by atoms with E-state index in [4.69, 9.17) is 23.2 Å². The molecule has 0 radical (unpaired) electrons. The number of anilines is 1. The number of halogens is 2. The molecule has 0 atom stereocenters. The molecule has 0 aliphatic heterocycles. The number of urea groups is 1. The number of nitrogens with one attached hydrogen (secondary N) is 1. The summed E-state index contributed by atoms with van der Waals surface area (Å²) < 4.78 is 0. The molecule has 3 rings (SSSR count). The molecule has 0 aromatic heterocycles. The molecular formula is C22H20Cl2N2O. The van der Waals surface area contributed by atoms with Gasteiger partial charge in [0.15, 0.2) is 0 Å². The van der Waals surface area contributed by atoms with Crippen molar-refractivity contribution >= 4 is 34.9 Å². The fourth-order valence-electron chi connectivity index (χ4n) is 2.75. The summed E-state index contributed by atoms with van der Waals surface area (Å²) in [5.74, 6) is 0. The van der Waals surface area contributed by atoms with Gasteiger partial charge in [0.1, 0.15) is 0 Å². The third-order valence-corrected chi connectivity index (χ3v) is 4.74. The lowest BCUT2D eigenvalue weighted by atomic mass is 10.1. The number of hydrogen-bond donors (Lipinski definition) is 1. The third-order valence-electron chi connectivity index (χ3n) is 4.19. The number of hydrogen-bond acceptors (Lipinski definition) is 1. The summed E-state index contributed by atoms with van der Waals surface area (Å²) in [6, 6.07) is 24.9. The van der Waals surface area contributed by atoms with Crippen LogP contribution in [0.4, 0.5) is 10.5 Å². The smallest absolute Gasteiger partial charge is 0.320 e. The number of amides is 2. The summed E-state index contributed by atoms with van der Waals surface area (Å²) in [4.78, 5) is 14.7. The van der Waals surface area contributed by atoms with E-state index in [0.29, 0.717) is 28.8 Å². The minimum absolute atomic E-state index is 0.195. The minimum atomic E-state index is -0.195. The van der Waals surface area contributed by atoms with Crippen LogP contribution in [0.15, 0.2) is 78.9 Å². The zero-order chi connectivity index (χ0) is 19.1. The zero-order valence-corrected chi connectivity index (χ0v) is 16.3. The molecule has 0 bridgehead atoms. The van der Waals surface area contributed by atoms with Gasteiger partial charge in [-0.1, -0.05) is 83.9 Å². The van der Waals surface area contributed by atoms with E-state index >= 15 is 0 Å². The maximum atomic E-state index is 12.9. The predicted molar refractivity (Wildman–Crippen MR) is 112 cm³/mol. The van der Waals surface area contributed by atoms with Crippen molar-refractivity contribution in [1.82, 2.24) is 4.90 Å². The summed E-state index contributed by atoms with van der Waals surface area (Å²) in [5.41, 5.74) is 2.81. The Morgan fingerprint density at radius 3 is 2.11 bits per heavy atom. The second kappa shape index (κ2) is 9.45. The lowest BCUT2D eigenvalue weighted by Crippen LogP contribution is -2.36. The van der Waals surface area contributed by atoms with Crippen LogP contribution in [0, 0.1) is 0 Å². The molecule has 0 saturated heterocycles. The van der Waals surface area contributed by atoms with E-state index in [-0.39, 0.29) is 6.03 Å². The average Bonchev–Trinajstić information content (AvgIpc) is 2.69. The van der Waals surface area contributed by atoms with Gasteiger partial charge in [0, 0.05) is 18.1 Å². The molecule has 5 heteroatoms. The van der Waals surface area contributed by atoms with Gasteiger partial charge in [0.05, 0.1) is 10.7 Å². The summed E-state index contributed by atoms with van der Waals surface area (Å²) in [5, 5.41) is 3.84. The Bertz CT molecular complexity index is 885. The first-order valence-corrected chi connectivity index (χ1v) is 9.46. The molecule has 0 aliphatic rings. The highest BCUT2D eigenvalue weighted by atomic mass is 35.5. The number of carbonyl (C=O) groups is 1. The van der Waals surface area contributed by atoms with Gasteiger partial charge < -0.3 is 10.2 Å². The van der Waals surface area contributed by atoms with Crippen molar-refractivity contribution in [2.45, 2.75) is 13.0 Å². The molecule has 0 heterocycles. The van der Waals surface area contributed by atoms with E-state index < -0.39 is 0 Å². The van der Waals surface area contributed by atoms with Gasteiger partial charge in [-0.2, -0.15) is 0 Å². The van der Waals surface area contributed by atoms with Gasteiger partial charge in [0.25, 0.3) is 0 Å². The molecular weight excluding hydrogens is 379 g/mol. The van der Waals surface area contributed by atoms with Crippen molar-refractivity contribution in [3.63, 3.8) is 0 Å². The summed E-state index contributed by atoms with van der Waals surface area (Å²) in [6.45, 7) is 1.11. The first-order valence-electron chi connectivity index (χ1n) is 8.70. The Morgan fingerprint density at radius 1 is 0.852 bits per heavy atom. The Kier molecular flexibility index (Phi) is 6.74. The molecule has 3 aromatic rings. The lowest BCUT2D eigenvalue weighted by molar-refractivity contribution is 0.210. The van der Waals surface area contributed by atoms with Crippen molar-refractivity contribution in [3.8, 4) is 0 Å². The molecule has 2 amide bonds. The second-order valence-electron chi connectivity index (χ2n) is 6.20. The fraction of sp³-hybridized carbons (Fsp3) is 0.136. The number of benzene rings is 3. The highest BCUT2D eigenvalue weighted by Crippen LogP contribution is 2.25. The van der Waals surface area contributed by atoms with Crippen molar-refractivity contribution in [1.29, 1.82) is 0 Å². The van der Waals surface area contributed by atoms with Gasteiger partial charge in [-0.3, -0.25) is 0 Å². The van der Waals surface area contributed by atoms with Crippen LogP contribution < -0.4 is 5.32 Å². The van der Waals surface area contributed by atoms with Crippen molar-refractivity contribution in [3.05, 3.63) is 100 Å². The van der Waals surface area contributed by atoms with Crippen molar-refractivity contribution in [2.75, 3.05) is 11.9 Å². The van der Waals surface area contributed by atoms with Crippen LogP contribution in [0.1, 0.15) is 11.1 Å². The first kappa shape index (κ1) is 19.3. The van der Waals surface area contributed by atoms with Crippen LogP contribution in [0.2, 0.25) is 10.0 Å². The Hall–Kier alpha value is -2.49. The maximum Gasteiger partial charge on any atom is 0.322 e. The zero-order valence-electron chi connectivity index (χ0n) is 14.7. The quantitative estimate of drug-likeness (QED) is 0.521. The monoisotopic (exact) mass is 398 g/mol. The lowest BCUT2D eigenvalue weighted by Gasteiger charge is -2.24. The van der Waals surface area contributed by atoms with E-state index in [1.165, 1.54) is 5.56 Å². The van der Waals surface area contributed by atoms with E-state index in [2.05, 4.69) is 17.4 Å². The SMILES string of the molecule is O=C(Nc1ccc(Cl)cc1Cl)N(CCc1ccccc1)Cc1ccccc1. The summed E-state index contributed by atoms with van der Waals surface area (Å²) in [6.07, 6.45) is 0.773. The molecule has 3 nitrogen and oxygen atoms in total. The fourth-order valence-corrected chi connectivity index (χ4v) is 3.21. The van der Waals surface area contributed by atoms with E-state index in [1.807, 2.05) is 48.5 Å². The third kappa shape index (κ3) is 5.75. The van der Waals surface area contributed by atoms with Crippen LogP contribution >= 0.6 is 23.2 Å². The largest absolute Gasteiger partial charge is 0.322 e. The highest BCUT2D eigenvalue weighted by Gasteiger charge is 2.15. The topological polar surface area (TPSA) is 32.3 Å². The normalized spacial score (nSPS) is 10.4. The molecule has 27 heavy (non-hydrogen) atoms. The van der Waals surface area contributed by atoms with Gasteiger partial charge in [-0.15, -0.1) is 0 Å². The number of rotatable bonds is 6. The van der Waals surface area contributed by atoms with Crippen molar-refractivity contribution < 1.29 is 4.79 Å². The van der Waals surface area contributed by atoms with Crippen LogP contribution in [0.3, 0.4) is 0 Å². The average molecular weight is 399 g/mol. The number of carbonyl (C=O) groups excluding carboxylic acids is 1. The molecule has 1 N–H and O–H groups in total. The van der Waals surface area contributed by atoms with Crippen LogP contribution in [0.25, 0.3) is 0 Å². The molecule has 138 valence electrons. The second-order valence-corrected chi connectivity index (χ2v) is 7.04. The molecule has 0 fully saturated rings. The van der Waals surface area contributed by atoms with Crippen LogP contribution in [-0.4, -0.2) is 17.5 Å². The molecule has 0 saturated carbocycles. The molecule has 0 aliphatic carbocycles. The van der Waals surface area contributed by atoms with Gasteiger partial charge in [-0.05, 0) is 35.7 Å². The summed E-state index contributed by atoms with van der Waals surface area (Å²) in [7, 11) is 0. The van der Waals surface area contributed by atoms with Gasteiger partial charge in [-0.25, -0.2) is 4.79 Å². The van der Waals surface area contributed by atoms with E-state index in [1.54, 1.807) is 23.1 Å². The maximum absolute atomic E-state index is 12.9. The van der Waals surface area contributed by atoms with Crippen molar-refractivity contribution in [2.24, 2.45) is 0 Å². The Balaban J connectivity index is 1.74. The van der Waals surface area contributed by atoms with Crippen LogP contribution in [0.5, 0.6) is 0 Å². The number of nitrogens with zero attached hydrogens (tertiary/aromatic N) is 1.